The van der Waals surface area contributed by atoms with Crippen molar-refractivity contribution >= 4 is 22.5 Å². The third kappa shape index (κ3) is 1.78. The van der Waals surface area contributed by atoms with E-state index in [1.165, 1.54) is 0 Å². The summed E-state index contributed by atoms with van der Waals surface area (Å²) in [5.41, 5.74) is 2.30. The van der Waals surface area contributed by atoms with E-state index in [9.17, 15) is 4.79 Å². The van der Waals surface area contributed by atoms with Gasteiger partial charge in [0.15, 0.2) is 0 Å². The van der Waals surface area contributed by atoms with Crippen molar-refractivity contribution in [1.29, 1.82) is 0 Å². The molecule has 17 heavy (non-hydrogen) atoms. The van der Waals surface area contributed by atoms with Gasteiger partial charge >= 0.3 is 0 Å². The van der Waals surface area contributed by atoms with Crippen LogP contribution in [0.15, 0.2) is 42.9 Å². The summed E-state index contributed by atoms with van der Waals surface area (Å²) in [5, 5.41) is 10.2. The van der Waals surface area contributed by atoms with Crippen LogP contribution in [0.5, 0.6) is 0 Å². The van der Waals surface area contributed by atoms with Crippen LogP contribution in [0.4, 0.5) is 5.69 Å². The number of hydrogen-bond acceptors (Lipinski definition) is 2. The number of rotatable bonds is 2. The highest BCUT2D eigenvalue weighted by Gasteiger charge is 2.07. The zero-order valence-corrected chi connectivity index (χ0v) is 8.90. The van der Waals surface area contributed by atoms with Crippen molar-refractivity contribution in [3.8, 4) is 0 Å². The zero-order valence-electron chi connectivity index (χ0n) is 8.90. The summed E-state index contributed by atoms with van der Waals surface area (Å²) >= 11 is 0. The van der Waals surface area contributed by atoms with Crippen molar-refractivity contribution in [1.82, 2.24) is 15.2 Å². The Labute approximate surface area is 96.9 Å². The summed E-state index contributed by atoms with van der Waals surface area (Å²) in [7, 11) is 0. The number of nitrogens with zero attached hydrogens (tertiary/aromatic N) is 1. The highest BCUT2D eigenvalue weighted by atomic mass is 16.1. The summed E-state index contributed by atoms with van der Waals surface area (Å²) in [6.45, 7) is 0. The predicted molar refractivity (Wildman–Crippen MR) is 64.8 cm³/mol. The number of carbonyl (C=O) groups is 1. The average Bonchev–Trinajstić information content (AvgIpc) is 2.97. The number of amides is 1. The molecule has 0 radical (unpaired) electrons. The number of aromatic amines is 2. The number of nitrogens with one attached hydrogen (secondary N) is 3. The van der Waals surface area contributed by atoms with Crippen LogP contribution in [0.2, 0.25) is 0 Å². The Kier molecular flexibility index (Phi) is 2.15. The first-order valence-corrected chi connectivity index (χ1v) is 5.20. The van der Waals surface area contributed by atoms with Crippen LogP contribution in [0.25, 0.3) is 10.9 Å². The summed E-state index contributed by atoms with van der Waals surface area (Å²) < 4.78 is 0. The molecule has 1 aromatic carbocycles. The molecule has 0 saturated carbocycles. The van der Waals surface area contributed by atoms with Gasteiger partial charge in [-0.25, -0.2) is 0 Å². The molecule has 5 heteroatoms. The lowest BCUT2D eigenvalue weighted by Crippen LogP contribution is -2.11. The summed E-state index contributed by atoms with van der Waals surface area (Å²) in [6.07, 6.45) is 5.04. The Bertz CT molecular complexity index is 654. The van der Waals surface area contributed by atoms with Gasteiger partial charge in [-0.2, -0.15) is 5.10 Å². The fraction of sp³-hybridized carbons (Fsp3) is 0. The first-order chi connectivity index (χ1) is 8.33. The second-order valence-corrected chi connectivity index (χ2v) is 3.72. The van der Waals surface area contributed by atoms with E-state index >= 15 is 0 Å². The van der Waals surface area contributed by atoms with Crippen molar-refractivity contribution in [3.63, 3.8) is 0 Å². The molecule has 0 spiro atoms. The first kappa shape index (κ1) is 9.65. The molecule has 0 atom stereocenters. The third-order valence-electron chi connectivity index (χ3n) is 2.57. The smallest absolute Gasteiger partial charge is 0.255 e. The van der Waals surface area contributed by atoms with Crippen molar-refractivity contribution in [2.45, 2.75) is 0 Å². The van der Waals surface area contributed by atoms with E-state index in [1.807, 2.05) is 24.4 Å². The molecule has 3 aromatic rings. The van der Waals surface area contributed by atoms with Crippen molar-refractivity contribution in [2.24, 2.45) is 0 Å². The highest BCUT2D eigenvalue weighted by molar-refractivity contribution is 6.06. The van der Waals surface area contributed by atoms with Crippen molar-refractivity contribution in [3.05, 3.63) is 48.4 Å². The van der Waals surface area contributed by atoms with E-state index in [1.54, 1.807) is 18.5 Å². The fourth-order valence-electron chi connectivity index (χ4n) is 1.72. The van der Waals surface area contributed by atoms with Crippen LogP contribution in [-0.4, -0.2) is 21.1 Å². The molecule has 2 heterocycles. The van der Waals surface area contributed by atoms with Gasteiger partial charge in [0.1, 0.15) is 0 Å². The second-order valence-electron chi connectivity index (χ2n) is 3.72. The van der Waals surface area contributed by atoms with Crippen LogP contribution >= 0.6 is 0 Å². The summed E-state index contributed by atoms with van der Waals surface area (Å²) in [5.74, 6) is -0.144. The average molecular weight is 226 g/mol. The van der Waals surface area contributed by atoms with Gasteiger partial charge in [-0.3, -0.25) is 9.89 Å². The number of fused-ring (bicyclic) bond motifs is 1. The topological polar surface area (TPSA) is 73.6 Å². The minimum Gasteiger partial charge on any atom is -0.361 e. The lowest BCUT2D eigenvalue weighted by molar-refractivity contribution is 0.102. The molecule has 0 aliphatic carbocycles. The maximum Gasteiger partial charge on any atom is 0.255 e. The molecular formula is C12H10N4O. The number of anilines is 1. The Morgan fingerprint density at radius 3 is 3.06 bits per heavy atom. The zero-order chi connectivity index (χ0) is 11.7. The van der Waals surface area contributed by atoms with Crippen LogP contribution in [0.3, 0.4) is 0 Å². The maximum absolute atomic E-state index is 11.9. The predicted octanol–water partition coefficient (Wildman–Crippen LogP) is 2.14. The molecule has 0 bridgehead atoms. The molecular weight excluding hydrogens is 216 g/mol. The lowest BCUT2D eigenvalue weighted by Gasteiger charge is -2.02. The maximum atomic E-state index is 11.9. The minimum atomic E-state index is -0.144. The van der Waals surface area contributed by atoms with E-state index < -0.39 is 0 Å². The first-order valence-electron chi connectivity index (χ1n) is 5.20. The van der Waals surface area contributed by atoms with E-state index in [-0.39, 0.29) is 5.91 Å². The van der Waals surface area contributed by atoms with Gasteiger partial charge in [0, 0.05) is 28.9 Å². The van der Waals surface area contributed by atoms with Gasteiger partial charge in [-0.15, -0.1) is 0 Å². The molecule has 0 aliphatic heterocycles. The van der Waals surface area contributed by atoms with Gasteiger partial charge in [0.2, 0.25) is 0 Å². The number of benzene rings is 1. The largest absolute Gasteiger partial charge is 0.361 e. The molecule has 3 N–H and O–H groups in total. The molecule has 84 valence electrons. The normalized spacial score (nSPS) is 10.6. The summed E-state index contributed by atoms with van der Waals surface area (Å²) in [6, 6.07) is 7.46. The van der Waals surface area contributed by atoms with E-state index in [2.05, 4.69) is 20.5 Å². The molecule has 0 aliphatic rings. The molecule has 0 unspecified atom stereocenters. The van der Waals surface area contributed by atoms with Gasteiger partial charge in [0.05, 0.1) is 11.9 Å². The van der Waals surface area contributed by atoms with Crippen molar-refractivity contribution < 1.29 is 4.79 Å². The number of hydrogen-bond donors (Lipinski definition) is 3. The van der Waals surface area contributed by atoms with Crippen LogP contribution in [-0.2, 0) is 0 Å². The van der Waals surface area contributed by atoms with Crippen LogP contribution < -0.4 is 5.32 Å². The van der Waals surface area contributed by atoms with Gasteiger partial charge in [0.25, 0.3) is 5.91 Å². The Balaban J connectivity index is 1.90. The van der Waals surface area contributed by atoms with E-state index in [0.717, 1.165) is 10.9 Å². The van der Waals surface area contributed by atoms with Gasteiger partial charge in [-0.05, 0) is 24.3 Å². The number of carbonyl (C=O) groups excluding carboxylic acids is 1. The Morgan fingerprint density at radius 1 is 1.29 bits per heavy atom. The molecule has 0 saturated heterocycles. The Morgan fingerprint density at radius 2 is 2.24 bits per heavy atom. The molecule has 5 nitrogen and oxygen atoms in total. The molecule has 0 fully saturated rings. The highest BCUT2D eigenvalue weighted by Crippen LogP contribution is 2.15. The fourth-order valence-corrected chi connectivity index (χ4v) is 1.72. The molecule has 2 aromatic heterocycles. The SMILES string of the molecule is O=C(Nc1cn[nH]c1)c1ccc2[nH]ccc2c1. The lowest BCUT2D eigenvalue weighted by atomic mass is 10.1. The van der Waals surface area contributed by atoms with E-state index in [4.69, 9.17) is 0 Å². The third-order valence-corrected chi connectivity index (χ3v) is 2.57. The van der Waals surface area contributed by atoms with Crippen LogP contribution in [0.1, 0.15) is 10.4 Å². The second kappa shape index (κ2) is 3.79. The molecule has 1 amide bonds. The quantitative estimate of drug-likeness (QED) is 0.626. The van der Waals surface area contributed by atoms with Gasteiger partial charge < -0.3 is 10.3 Å². The Hall–Kier alpha value is -2.56. The van der Waals surface area contributed by atoms with Crippen LogP contribution in [0, 0.1) is 0 Å². The van der Waals surface area contributed by atoms with Gasteiger partial charge in [-0.1, -0.05) is 0 Å². The van der Waals surface area contributed by atoms with Crippen molar-refractivity contribution in [2.75, 3.05) is 5.32 Å². The number of aromatic nitrogens is 3. The van der Waals surface area contributed by atoms with E-state index in [0.29, 0.717) is 11.3 Å². The minimum absolute atomic E-state index is 0.144. The standard InChI is InChI=1S/C12H10N4O/c17-12(16-10-6-14-15-7-10)9-1-2-11-8(5-9)3-4-13-11/h1-7,13H,(H,14,15)(H,16,17). The molecule has 3 rings (SSSR count). The summed E-state index contributed by atoms with van der Waals surface area (Å²) in [4.78, 5) is 15.0. The number of H-pyrrole nitrogens is 2. The monoisotopic (exact) mass is 226 g/mol.